The molecule has 3 aromatic rings. The van der Waals surface area contributed by atoms with Crippen molar-refractivity contribution >= 4 is 48.7 Å². The molecule has 11 heteroatoms. The lowest BCUT2D eigenvalue weighted by atomic mass is 10.1. The molecular weight excluding hydrogens is 457 g/mol. The molecule has 0 unspecified atom stereocenters. The van der Waals surface area contributed by atoms with E-state index in [4.69, 9.17) is 23.2 Å². The summed E-state index contributed by atoms with van der Waals surface area (Å²) < 4.78 is 51.0. The lowest BCUT2D eigenvalue weighted by Gasteiger charge is -2.09. The summed E-state index contributed by atoms with van der Waals surface area (Å²) in [5, 5.41) is 8.01. The number of sulfone groups is 1. The predicted molar refractivity (Wildman–Crippen MR) is 112 cm³/mol. The van der Waals surface area contributed by atoms with Gasteiger partial charge in [-0.2, -0.15) is 0 Å². The average molecular weight is 472 g/mol. The lowest BCUT2D eigenvalue weighted by Crippen LogP contribution is -2.12. The Labute approximate surface area is 178 Å². The topological polar surface area (TPSA) is 106 Å². The van der Waals surface area contributed by atoms with Gasteiger partial charge in [0, 0.05) is 11.3 Å². The van der Waals surface area contributed by atoms with Crippen molar-refractivity contribution in [1.29, 1.82) is 0 Å². The highest BCUT2D eigenvalue weighted by Crippen LogP contribution is 2.27. The van der Waals surface area contributed by atoms with Gasteiger partial charge in [0.1, 0.15) is 0 Å². The number of hydrogen-bond acceptors (Lipinski definition) is 6. The second kappa shape index (κ2) is 8.27. The molecule has 29 heavy (non-hydrogen) atoms. The number of hydrogen-bond donors (Lipinski definition) is 1. The van der Waals surface area contributed by atoms with Gasteiger partial charge in [-0.25, -0.2) is 16.8 Å². The standard InChI is InChI=1S/C18H15Cl2N3O4S2/c1-2-28(24,25)18-10-9-17(21-22-18)12-3-5-13(6-4-12)23-29(26,27)14-7-8-15(19)16(20)11-14/h3-11,23H,2H2,1H3. The first-order valence-electron chi connectivity index (χ1n) is 8.27. The molecule has 1 aromatic heterocycles. The molecule has 0 fully saturated rings. The molecule has 0 saturated carbocycles. The van der Waals surface area contributed by atoms with Crippen LogP contribution in [0.5, 0.6) is 0 Å². The minimum absolute atomic E-state index is 0.0189. The summed E-state index contributed by atoms with van der Waals surface area (Å²) in [7, 11) is -7.27. The molecule has 0 bridgehead atoms. The fourth-order valence-electron chi connectivity index (χ4n) is 2.35. The maximum absolute atomic E-state index is 12.5. The van der Waals surface area contributed by atoms with E-state index in [-0.39, 0.29) is 25.7 Å². The Morgan fingerprint density at radius 3 is 2.10 bits per heavy atom. The SMILES string of the molecule is CCS(=O)(=O)c1ccc(-c2ccc(NS(=O)(=O)c3ccc(Cl)c(Cl)c3)cc2)nn1. The van der Waals surface area contributed by atoms with Gasteiger partial charge in [-0.05, 0) is 42.5 Å². The number of benzene rings is 2. The van der Waals surface area contributed by atoms with Gasteiger partial charge in [-0.3, -0.25) is 4.72 Å². The molecule has 0 spiro atoms. The van der Waals surface area contributed by atoms with E-state index in [2.05, 4.69) is 14.9 Å². The monoisotopic (exact) mass is 471 g/mol. The molecule has 0 aliphatic carbocycles. The number of halogens is 2. The molecule has 0 saturated heterocycles. The summed E-state index contributed by atoms with van der Waals surface area (Å²) in [6.45, 7) is 1.53. The second-order valence-corrected chi connectivity index (χ2v) is 10.6. The van der Waals surface area contributed by atoms with E-state index in [1.54, 1.807) is 30.3 Å². The van der Waals surface area contributed by atoms with Crippen molar-refractivity contribution in [2.45, 2.75) is 16.8 Å². The van der Waals surface area contributed by atoms with Crippen molar-refractivity contribution < 1.29 is 16.8 Å². The van der Waals surface area contributed by atoms with Crippen LogP contribution < -0.4 is 4.72 Å². The largest absolute Gasteiger partial charge is 0.280 e. The molecule has 1 heterocycles. The van der Waals surface area contributed by atoms with Gasteiger partial charge >= 0.3 is 0 Å². The molecule has 0 radical (unpaired) electrons. The van der Waals surface area contributed by atoms with Gasteiger partial charge < -0.3 is 0 Å². The Balaban J connectivity index is 1.80. The van der Waals surface area contributed by atoms with Gasteiger partial charge in [-0.1, -0.05) is 42.3 Å². The van der Waals surface area contributed by atoms with E-state index in [1.165, 1.54) is 31.2 Å². The summed E-state index contributed by atoms with van der Waals surface area (Å²) in [6, 6.07) is 13.4. The zero-order valence-corrected chi connectivity index (χ0v) is 18.1. The van der Waals surface area contributed by atoms with E-state index in [1.807, 2.05) is 0 Å². The number of sulfonamides is 1. The first-order chi connectivity index (χ1) is 13.6. The van der Waals surface area contributed by atoms with Crippen molar-refractivity contribution in [2.24, 2.45) is 0 Å². The summed E-state index contributed by atoms with van der Waals surface area (Å²) in [6.07, 6.45) is 0. The molecule has 1 N–H and O–H groups in total. The van der Waals surface area contributed by atoms with Crippen LogP contribution in [0.4, 0.5) is 5.69 Å². The van der Waals surface area contributed by atoms with Crippen LogP contribution in [-0.4, -0.2) is 32.8 Å². The molecule has 0 amide bonds. The Morgan fingerprint density at radius 2 is 1.55 bits per heavy atom. The van der Waals surface area contributed by atoms with Gasteiger partial charge in [0.05, 0.1) is 26.4 Å². The molecule has 0 aliphatic rings. The van der Waals surface area contributed by atoms with Crippen LogP contribution in [0.2, 0.25) is 10.0 Å². The van der Waals surface area contributed by atoms with Gasteiger partial charge in [0.15, 0.2) is 14.9 Å². The lowest BCUT2D eigenvalue weighted by molar-refractivity contribution is 0.591. The highest BCUT2D eigenvalue weighted by Gasteiger charge is 2.16. The molecule has 3 rings (SSSR count). The fourth-order valence-corrected chi connectivity index (χ4v) is 4.54. The van der Waals surface area contributed by atoms with E-state index in [0.29, 0.717) is 16.9 Å². The minimum atomic E-state index is -3.84. The van der Waals surface area contributed by atoms with Crippen LogP contribution in [0.1, 0.15) is 6.92 Å². The molecule has 2 aromatic carbocycles. The summed E-state index contributed by atoms with van der Waals surface area (Å²) in [4.78, 5) is -0.0189. The third-order valence-corrected chi connectivity index (χ3v) is 7.71. The molecular formula is C18H15Cl2N3O4S2. The molecule has 152 valence electrons. The Morgan fingerprint density at radius 1 is 0.862 bits per heavy atom. The molecule has 7 nitrogen and oxygen atoms in total. The van der Waals surface area contributed by atoms with Crippen LogP contribution >= 0.6 is 23.2 Å². The second-order valence-electron chi connectivity index (χ2n) is 5.92. The number of aromatic nitrogens is 2. The zero-order valence-electron chi connectivity index (χ0n) is 15.0. The van der Waals surface area contributed by atoms with E-state index < -0.39 is 19.9 Å². The van der Waals surface area contributed by atoms with Gasteiger partial charge in [0.25, 0.3) is 10.0 Å². The zero-order chi connectivity index (χ0) is 21.2. The third kappa shape index (κ3) is 4.87. The summed E-state index contributed by atoms with van der Waals surface area (Å²) >= 11 is 11.7. The van der Waals surface area contributed by atoms with E-state index >= 15 is 0 Å². The summed E-state index contributed by atoms with van der Waals surface area (Å²) in [5.41, 5.74) is 1.44. The Kier molecular flexibility index (Phi) is 6.13. The van der Waals surface area contributed by atoms with Crippen molar-refractivity contribution in [3.63, 3.8) is 0 Å². The quantitative estimate of drug-likeness (QED) is 0.581. The first-order valence-corrected chi connectivity index (χ1v) is 12.2. The minimum Gasteiger partial charge on any atom is -0.280 e. The van der Waals surface area contributed by atoms with Crippen molar-refractivity contribution in [3.8, 4) is 11.3 Å². The van der Waals surface area contributed by atoms with Crippen molar-refractivity contribution in [2.75, 3.05) is 10.5 Å². The third-order valence-electron chi connectivity index (χ3n) is 3.97. The van der Waals surface area contributed by atoms with E-state index in [0.717, 1.165) is 0 Å². The van der Waals surface area contributed by atoms with Crippen LogP contribution in [0.3, 0.4) is 0 Å². The van der Waals surface area contributed by atoms with Crippen molar-refractivity contribution in [1.82, 2.24) is 10.2 Å². The van der Waals surface area contributed by atoms with Gasteiger partial charge in [-0.15, -0.1) is 10.2 Å². The number of anilines is 1. The van der Waals surface area contributed by atoms with Crippen LogP contribution in [0.15, 0.2) is 64.5 Å². The fraction of sp³-hybridized carbons (Fsp3) is 0.111. The normalized spacial score (nSPS) is 12.0. The Hall–Kier alpha value is -2.20. The average Bonchev–Trinajstić information content (AvgIpc) is 2.70. The van der Waals surface area contributed by atoms with Crippen molar-refractivity contribution in [3.05, 3.63) is 64.6 Å². The maximum Gasteiger partial charge on any atom is 0.261 e. The Bertz CT molecular complexity index is 1250. The highest BCUT2D eigenvalue weighted by atomic mass is 35.5. The number of rotatable bonds is 6. The molecule has 0 aliphatic heterocycles. The van der Waals surface area contributed by atoms with Crippen LogP contribution in [-0.2, 0) is 19.9 Å². The predicted octanol–water partition coefficient (Wildman–Crippen LogP) is 4.04. The highest BCUT2D eigenvalue weighted by molar-refractivity contribution is 7.92. The number of nitrogens with zero attached hydrogens (tertiary/aromatic N) is 2. The van der Waals surface area contributed by atoms with E-state index in [9.17, 15) is 16.8 Å². The number of nitrogens with one attached hydrogen (secondary N) is 1. The maximum atomic E-state index is 12.5. The first kappa shape index (κ1) is 21.5. The van der Waals surface area contributed by atoms with Crippen LogP contribution in [0.25, 0.3) is 11.3 Å². The van der Waals surface area contributed by atoms with Gasteiger partial charge in [0.2, 0.25) is 0 Å². The summed E-state index contributed by atoms with van der Waals surface area (Å²) in [5.74, 6) is -0.0608. The van der Waals surface area contributed by atoms with Crippen LogP contribution in [0, 0.1) is 0 Å². The molecule has 0 atom stereocenters. The smallest absolute Gasteiger partial charge is 0.261 e.